The maximum Gasteiger partial charge on any atom is 0.416 e. The van der Waals surface area contributed by atoms with Gasteiger partial charge in [-0.3, -0.25) is 4.79 Å². The highest BCUT2D eigenvalue weighted by Crippen LogP contribution is 2.48. The first-order valence-electron chi connectivity index (χ1n) is 12.8. The Kier molecular flexibility index (Phi) is 6.36. The highest BCUT2D eigenvalue weighted by Gasteiger charge is 2.46. The van der Waals surface area contributed by atoms with Crippen LogP contribution < -0.4 is 5.32 Å². The molecule has 1 N–H and O–H groups in total. The van der Waals surface area contributed by atoms with Gasteiger partial charge in [-0.05, 0) is 81.2 Å². The van der Waals surface area contributed by atoms with Crippen molar-refractivity contribution >= 4 is 22.8 Å². The minimum Gasteiger partial charge on any atom is -0.363 e. The van der Waals surface area contributed by atoms with Gasteiger partial charge in [-0.1, -0.05) is 12.1 Å². The molecule has 5 rings (SSSR count). The Morgan fingerprint density at radius 3 is 2.51 bits per heavy atom. The first-order valence-corrected chi connectivity index (χ1v) is 12.8. The molecule has 1 aromatic carbocycles. The maximum atomic E-state index is 13.5. The summed E-state index contributed by atoms with van der Waals surface area (Å²) in [6.07, 6.45) is 1.73. The molecule has 2 aliphatic rings. The number of carbonyl (C=O) groups excluding carboxylic acids is 1. The van der Waals surface area contributed by atoms with E-state index in [1.807, 2.05) is 18.0 Å². The molecule has 3 aromatic rings. The zero-order valence-corrected chi connectivity index (χ0v) is 21.6. The monoisotopic (exact) mass is 511 g/mol. The zero-order chi connectivity index (χ0) is 26.5. The van der Waals surface area contributed by atoms with Crippen LogP contribution in [0, 0.1) is 19.3 Å². The van der Waals surface area contributed by atoms with Crippen LogP contribution in [0.2, 0.25) is 0 Å². The first-order chi connectivity index (χ1) is 17.5. The summed E-state index contributed by atoms with van der Waals surface area (Å²) in [5.74, 6) is 1.63. The summed E-state index contributed by atoms with van der Waals surface area (Å²) < 4.78 is 40.4. The third kappa shape index (κ3) is 4.88. The summed E-state index contributed by atoms with van der Waals surface area (Å²) in [4.78, 5) is 27.3. The molecule has 0 bridgehead atoms. The molecule has 0 radical (unpaired) electrons. The van der Waals surface area contributed by atoms with Crippen molar-refractivity contribution in [3.63, 3.8) is 0 Å². The van der Waals surface area contributed by atoms with Crippen molar-refractivity contribution in [3.8, 4) is 0 Å². The number of hydrogen-bond donors (Lipinski definition) is 1. The molecule has 1 saturated carbocycles. The average molecular weight is 512 g/mol. The predicted octanol–water partition coefficient (Wildman–Crippen LogP) is 6.34. The number of carbonyl (C=O) groups is 1. The summed E-state index contributed by atoms with van der Waals surface area (Å²) in [5.41, 5.74) is 2.11. The molecule has 0 unspecified atom stereocenters. The van der Waals surface area contributed by atoms with Crippen LogP contribution in [-0.4, -0.2) is 38.8 Å². The van der Waals surface area contributed by atoms with E-state index in [2.05, 4.69) is 26.3 Å². The molecule has 3 heterocycles. The Morgan fingerprint density at radius 2 is 1.86 bits per heavy atom. The van der Waals surface area contributed by atoms with Gasteiger partial charge >= 0.3 is 6.18 Å². The molecule has 9 heteroatoms. The fraction of sp³-hybridized carbons (Fsp3) is 0.500. The number of pyridine rings is 1. The number of fused-ring (bicyclic) bond motifs is 1. The largest absolute Gasteiger partial charge is 0.416 e. The third-order valence-corrected chi connectivity index (χ3v) is 8.20. The zero-order valence-electron chi connectivity index (χ0n) is 21.6. The summed E-state index contributed by atoms with van der Waals surface area (Å²) in [6, 6.07) is 5.96. The van der Waals surface area contributed by atoms with Gasteiger partial charge in [0.25, 0.3) is 0 Å². The van der Waals surface area contributed by atoms with Gasteiger partial charge in [0.1, 0.15) is 11.6 Å². The van der Waals surface area contributed by atoms with Crippen molar-refractivity contribution in [2.24, 2.45) is 5.41 Å². The number of benzene rings is 1. The van der Waals surface area contributed by atoms with E-state index >= 15 is 0 Å². The number of halogens is 3. The van der Waals surface area contributed by atoms with Gasteiger partial charge in [0.2, 0.25) is 5.91 Å². The van der Waals surface area contributed by atoms with Gasteiger partial charge in [0, 0.05) is 31.6 Å². The van der Waals surface area contributed by atoms with Crippen molar-refractivity contribution in [3.05, 3.63) is 58.5 Å². The van der Waals surface area contributed by atoms with Crippen LogP contribution in [0.4, 0.5) is 19.0 Å². The topological polar surface area (TPSA) is 71.0 Å². The van der Waals surface area contributed by atoms with Crippen molar-refractivity contribution < 1.29 is 18.0 Å². The lowest BCUT2D eigenvalue weighted by Gasteiger charge is -2.53. The van der Waals surface area contributed by atoms with E-state index in [4.69, 9.17) is 0 Å². The lowest BCUT2D eigenvalue weighted by Crippen LogP contribution is -2.58. The molecule has 1 amide bonds. The number of amides is 1. The standard InChI is InChI=1S/C28H32F3N5O/c1-16-22(6-5-7-24(16)28(29,30)31)17(2)33-26-23-12-21(13-32-25(23)34-18(3)35-26)20-8-10-27(11-9-20)14-36(15-27)19(4)37/h5-7,12-13,17,20H,8-11,14-15H2,1-4H3,(H,32,33,34,35)/t17-/m1/s1. The van der Waals surface area contributed by atoms with Crippen molar-refractivity contribution in [2.75, 3.05) is 18.4 Å². The minimum atomic E-state index is -4.40. The Morgan fingerprint density at radius 1 is 1.16 bits per heavy atom. The number of nitrogens with zero attached hydrogens (tertiary/aromatic N) is 4. The summed E-state index contributed by atoms with van der Waals surface area (Å²) >= 11 is 0. The van der Waals surface area contributed by atoms with Gasteiger partial charge in [0.15, 0.2) is 5.65 Å². The highest BCUT2D eigenvalue weighted by atomic mass is 19.4. The number of rotatable bonds is 4. The Balaban J connectivity index is 1.39. The summed E-state index contributed by atoms with van der Waals surface area (Å²) in [7, 11) is 0. The SMILES string of the molecule is CC(=O)N1CC2(CCC(c3cnc4nc(C)nc(N[C@H](C)c5cccc(C(F)(F)F)c5C)c4c3)CC2)C1. The quantitative estimate of drug-likeness (QED) is 0.443. The van der Waals surface area contributed by atoms with Crippen molar-refractivity contribution in [2.45, 2.75) is 71.5 Å². The number of aromatic nitrogens is 3. The molecule has 37 heavy (non-hydrogen) atoms. The molecular weight excluding hydrogens is 479 g/mol. The van der Waals surface area contributed by atoms with Crippen LogP contribution in [0.15, 0.2) is 30.5 Å². The van der Waals surface area contributed by atoms with E-state index in [1.54, 1.807) is 19.9 Å². The molecule has 1 atom stereocenters. The number of nitrogens with one attached hydrogen (secondary N) is 1. The molecule has 1 aliphatic carbocycles. The van der Waals surface area contributed by atoms with Gasteiger partial charge in [-0.2, -0.15) is 13.2 Å². The molecule has 1 spiro atoms. The number of anilines is 1. The van der Waals surface area contributed by atoms with E-state index < -0.39 is 17.8 Å². The summed E-state index contributed by atoms with van der Waals surface area (Å²) in [5, 5.41) is 4.11. The maximum absolute atomic E-state index is 13.5. The van der Waals surface area contributed by atoms with Gasteiger partial charge in [0.05, 0.1) is 17.0 Å². The highest BCUT2D eigenvalue weighted by molar-refractivity contribution is 5.87. The normalized spacial score (nSPS) is 18.6. The van der Waals surface area contributed by atoms with Gasteiger partial charge < -0.3 is 10.2 Å². The predicted molar refractivity (Wildman–Crippen MR) is 136 cm³/mol. The van der Waals surface area contributed by atoms with Crippen LogP contribution in [-0.2, 0) is 11.0 Å². The van der Waals surface area contributed by atoms with Crippen LogP contribution >= 0.6 is 0 Å². The van der Waals surface area contributed by atoms with E-state index in [1.165, 1.54) is 13.0 Å². The van der Waals surface area contributed by atoms with Crippen LogP contribution in [0.3, 0.4) is 0 Å². The Bertz CT molecular complexity index is 1340. The second-order valence-electron chi connectivity index (χ2n) is 10.8. The number of alkyl halides is 3. The van der Waals surface area contributed by atoms with E-state index in [0.29, 0.717) is 28.8 Å². The van der Waals surface area contributed by atoms with Crippen LogP contribution in [0.25, 0.3) is 11.0 Å². The van der Waals surface area contributed by atoms with Gasteiger partial charge in [-0.25, -0.2) is 15.0 Å². The molecule has 6 nitrogen and oxygen atoms in total. The Hall–Kier alpha value is -3.23. The molecule has 1 aliphatic heterocycles. The fourth-order valence-electron chi connectivity index (χ4n) is 6.05. The van der Waals surface area contributed by atoms with E-state index in [9.17, 15) is 18.0 Å². The van der Waals surface area contributed by atoms with E-state index in [-0.39, 0.29) is 16.9 Å². The molecule has 196 valence electrons. The van der Waals surface area contributed by atoms with Crippen LogP contribution in [0.1, 0.15) is 79.6 Å². The number of hydrogen-bond acceptors (Lipinski definition) is 5. The van der Waals surface area contributed by atoms with Crippen molar-refractivity contribution in [1.29, 1.82) is 0 Å². The van der Waals surface area contributed by atoms with Crippen LogP contribution in [0.5, 0.6) is 0 Å². The lowest BCUT2D eigenvalue weighted by molar-refractivity contribution is -0.143. The third-order valence-electron chi connectivity index (χ3n) is 8.20. The Labute approximate surface area is 214 Å². The number of likely N-dealkylation sites (tertiary alicyclic amines) is 1. The second-order valence-corrected chi connectivity index (χ2v) is 10.8. The van der Waals surface area contributed by atoms with E-state index in [0.717, 1.165) is 55.8 Å². The van der Waals surface area contributed by atoms with Crippen molar-refractivity contribution in [1.82, 2.24) is 19.9 Å². The lowest BCUT2D eigenvalue weighted by atomic mass is 9.65. The average Bonchev–Trinajstić information content (AvgIpc) is 2.81. The fourth-order valence-corrected chi connectivity index (χ4v) is 6.05. The molecular formula is C28H32F3N5O. The summed E-state index contributed by atoms with van der Waals surface area (Å²) in [6.45, 7) is 8.48. The molecule has 1 saturated heterocycles. The molecule has 2 fully saturated rings. The smallest absolute Gasteiger partial charge is 0.363 e. The molecule has 2 aromatic heterocycles. The minimum absolute atomic E-state index is 0.149. The number of aryl methyl sites for hydroxylation is 1. The second kappa shape index (κ2) is 9.26. The first kappa shape index (κ1) is 25.4. The van der Waals surface area contributed by atoms with Gasteiger partial charge in [-0.15, -0.1) is 0 Å².